The van der Waals surface area contributed by atoms with Gasteiger partial charge in [0.2, 0.25) is 0 Å². The van der Waals surface area contributed by atoms with Gasteiger partial charge in [-0.1, -0.05) is 6.92 Å². The first-order valence-electron chi connectivity index (χ1n) is 4.87. The second-order valence-corrected chi connectivity index (χ2v) is 3.03. The number of ketones is 1. The Balaban J connectivity index is 3.45. The molecular weight excluding hydrogens is 182 g/mol. The largest absolute Gasteiger partial charge is 0.540 e. The summed E-state index contributed by atoms with van der Waals surface area (Å²) >= 11 is 0. The molecule has 0 aliphatic carbocycles. The van der Waals surface area contributed by atoms with Gasteiger partial charge in [-0.15, -0.1) is 0 Å². The Hall–Kier alpha value is -0.770. The van der Waals surface area contributed by atoms with E-state index in [4.69, 9.17) is 9.31 Å². The van der Waals surface area contributed by atoms with Gasteiger partial charge in [0.05, 0.1) is 0 Å². The van der Waals surface area contributed by atoms with Crippen LogP contribution >= 0.6 is 0 Å². The van der Waals surface area contributed by atoms with Gasteiger partial charge < -0.3 is 9.31 Å². The molecule has 14 heavy (non-hydrogen) atoms. The smallest absolute Gasteiger partial charge is 0.343 e. The van der Waals surface area contributed by atoms with Crippen molar-refractivity contribution >= 4 is 26.7 Å². The maximum Gasteiger partial charge on any atom is 0.343 e. The zero-order valence-electron chi connectivity index (χ0n) is 8.88. The molecule has 0 aliphatic rings. The average molecular weight is 198 g/mol. The molecule has 0 fully saturated rings. The lowest BCUT2D eigenvalue weighted by Gasteiger charge is -2.01. The third-order valence-electron chi connectivity index (χ3n) is 1.61. The molecule has 0 radical (unpaired) electrons. The van der Waals surface area contributed by atoms with Crippen LogP contribution in [0.4, 0.5) is 0 Å². The van der Waals surface area contributed by atoms with Crippen LogP contribution in [0.3, 0.4) is 0 Å². The number of carbonyl (C=O) groups is 2. The monoisotopic (exact) mass is 198 g/mol. The van der Waals surface area contributed by atoms with Crippen LogP contribution in [0.15, 0.2) is 0 Å². The fraction of sp³-hybridized carbons (Fsp3) is 0.750. The van der Waals surface area contributed by atoms with Crippen molar-refractivity contribution in [2.45, 2.75) is 32.4 Å². The predicted octanol–water partition coefficient (Wildman–Crippen LogP) is 0.0848. The molecule has 0 bridgehead atoms. The molecule has 0 amide bonds. The molecule has 6 heteroatoms. The third kappa shape index (κ3) is 7.86. The third-order valence-corrected chi connectivity index (χ3v) is 1.61. The van der Waals surface area contributed by atoms with Crippen molar-refractivity contribution in [3.05, 3.63) is 0 Å². The van der Waals surface area contributed by atoms with Gasteiger partial charge in [0.15, 0.2) is 0 Å². The van der Waals surface area contributed by atoms with Crippen LogP contribution in [0.25, 0.3) is 0 Å². The van der Waals surface area contributed by atoms with E-state index >= 15 is 0 Å². The van der Waals surface area contributed by atoms with Gasteiger partial charge >= 0.3 is 7.48 Å². The molecule has 0 saturated heterocycles. The van der Waals surface area contributed by atoms with Crippen molar-refractivity contribution in [3.63, 3.8) is 0 Å². The van der Waals surface area contributed by atoms with Gasteiger partial charge in [-0.2, -0.15) is 0 Å². The van der Waals surface area contributed by atoms with E-state index in [0.717, 1.165) is 6.32 Å². The number of hydrogen-bond acceptors (Lipinski definition) is 4. The lowest BCUT2D eigenvalue weighted by atomic mass is 9.91. The van der Waals surface area contributed by atoms with E-state index in [-0.39, 0.29) is 12.2 Å². The number of carbonyl (C=O) groups excluding carboxylic acids is 2. The molecule has 0 aromatic carbocycles. The molecule has 78 valence electrons. The van der Waals surface area contributed by atoms with Crippen LogP contribution in [-0.4, -0.2) is 33.8 Å². The van der Waals surface area contributed by atoms with E-state index < -0.39 is 5.97 Å². The molecular formula is C8H16B2O4. The first-order valence-corrected chi connectivity index (χ1v) is 4.87. The van der Waals surface area contributed by atoms with E-state index in [1.165, 1.54) is 0 Å². The van der Waals surface area contributed by atoms with Crippen LogP contribution in [-0.2, 0) is 18.9 Å². The second kappa shape index (κ2) is 8.81. The molecule has 0 unspecified atom stereocenters. The van der Waals surface area contributed by atoms with Gasteiger partial charge in [0.25, 0.3) is 13.5 Å². The summed E-state index contributed by atoms with van der Waals surface area (Å²) in [7, 11) is 2.53. The number of hydrogen-bond donors (Lipinski definition) is 0. The average Bonchev–Trinajstić information content (AvgIpc) is 2.15. The fourth-order valence-corrected chi connectivity index (χ4v) is 0.930. The van der Waals surface area contributed by atoms with E-state index in [1.54, 1.807) is 7.11 Å². The Bertz CT molecular complexity index is 184. The molecule has 0 aromatic heterocycles. The second-order valence-electron chi connectivity index (χ2n) is 3.03. The first kappa shape index (κ1) is 13.2. The Morgan fingerprint density at radius 3 is 2.57 bits per heavy atom. The van der Waals surface area contributed by atoms with Crippen molar-refractivity contribution in [2.24, 2.45) is 0 Å². The molecule has 4 nitrogen and oxygen atoms in total. The maximum absolute atomic E-state index is 11.1. The highest BCUT2D eigenvalue weighted by Crippen LogP contribution is 1.97. The number of rotatable bonds is 8. The van der Waals surface area contributed by atoms with Crippen LogP contribution in [0.2, 0.25) is 12.6 Å². The minimum Gasteiger partial charge on any atom is -0.540 e. The van der Waals surface area contributed by atoms with Crippen molar-refractivity contribution < 1.29 is 18.9 Å². The minimum atomic E-state index is -0.422. The van der Waals surface area contributed by atoms with Crippen molar-refractivity contribution in [1.29, 1.82) is 0 Å². The highest BCUT2D eigenvalue weighted by Gasteiger charge is 2.10. The zero-order valence-corrected chi connectivity index (χ0v) is 8.88. The van der Waals surface area contributed by atoms with Gasteiger partial charge in [-0.05, 0) is 12.6 Å². The maximum atomic E-state index is 11.1. The van der Waals surface area contributed by atoms with E-state index in [0.29, 0.717) is 27.7 Å². The van der Waals surface area contributed by atoms with E-state index in [1.807, 2.05) is 6.92 Å². The molecule has 0 aliphatic heterocycles. The first-order chi connectivity index (χ1) is 6.70. The molecule has 0 rings (SSSR count). The summed E-state index contributed by atoms with van der Waals surface area (Å²) in [5.41, 5.74) is 0. The molecule has 0 spiro atoms. The molecule has 0 aromatic rings. The summed E-state index contributed by atoms with van der Waals surface area (Å²) < 4.78 is 9.57. The van der Waals surface area contributed by atoms with Crippen LogP contribution < -0.4 is 0 Å². The van der Waals surface area contributed by atoms with Gasteiger partial charge in [0.1, 0.15) is 12.2 Å². The molecule has 0 heterocycles. The summed E-state index contributed by atoms with van der Waals surface area (Å²) in [6, 6.07) is 0. The Labute approximate surface area is 85.9 Å². The lowest BCUT2D eigenvalue weighted by Crippen LogP contribution is -2.13. The topological polar surface area (TPSA) is 52.6 Å². The van der Waals surface area contributed by atoms with Crippen LogP contribution in [0, 0.1) is 0 Å². The minimum absolute atomic E-state index is 0.0804. The van der Waals surface area contributed by atoms with Crippen molar-refractivity contribution in [1.82, 2.24) is 0 Å². The lowest BCUT2D eigenvalue weighted by molar-refractivity contribution is -0.137. The zero-order chi connectivity index (χ0) is 10.8. The summed E-state index contributed by atoms with van der Waals surface area (Å²) in [5.74, 6) is -0.502. The standard InChI is InChI=1S/C8H16B2O4/c1-3-9-14-8(12)6-7(11)4-5-10-13-2/h9-10H,3-6H2,1-2H3. The highest BCUT2D eigenvalue weighted by atomic mass is 16.5. The van der Waals surface area contributed by atoms with Crippen LogP contribution in [0.5, 0.6) is 0 Å². The summed E-state index contributed by atoms with van der Waals surface area (Å²) in [6.07, 6.45) is 1.72. The summed E-state index contributed by atoms with van der Waals surface area (Å²) in [5, 5.41) is 0. The quantitative estimate of drug-likeness (QED) is 0.315. The Kier molecular flexibility index (Phi) is 8.33. The van der Waals surface area contributed by atoms with Gasteiger partial charge in [0, 0.05) is 13.5 Å². The SMILES string of the molecule is CCBOC(=O)CC(=O)CCBOC. The van der Waals surface area contributed by atoms with Gasteiger partial charge in [-0.25, -0.2) is 0 Å². The fourth-order valence-electron chi connectivity index (χ4n) is 0.930. The van der Waals surface area contributed by atoms with Crippen LogP contribution in [0.1, 0.15) is 19.8 Å². The van der Waals surface area contributed by atoms with Crippen molar-refractivity contribution in [2.75, 3.05) is 7.11 Å². The Morgan fingerprint density at radius 1 is 1.29 bits per heavy atom. The number of Topliss-reactive ketones (excluding diaryl/α,β-unsaturated/α-hetero) is 1. The summed E-state index contributed by atoms with van der Waals surface area (Å²) in [6.45, 7) is 1.91. The van der Waals surface area contributed by atoms with Gasteiger partial charge in [-0.3, -0.25) is 9.59 Å². The highest BCUT2D eigenvalue weighted by molar-refractivity contribution is 6.31. The van der Waals surface area contributed by atoms with E-state index in [9.17, 15) is 9.59 Å². The van der Waals surface area contributed by atoms with E-state index in [2.05, 4.69) is 0 Å². The Morgan fingerprint density at radius 2 is 2.00 bits per heavy atom. The molecule has 0 saturated carbocycles. The van der Waals surface area contributed by atoms with Crippen molar-refractivity contribution in [3.8, 4) is 0 Å². The molecule has 0 N–H and O–H groups in total. The molecule has 0 atom stereocenters. The summed E-state index contributed by atoms with van der Waals surface area (Å²) in [4.78, 5) is 22.1. The predicted molar refractivity (Wildman–Crippen MR) is 56.9 cm³/mol. The normalized spacial score (nSPS) is 9.29.